The summed E-state index contributed by atoms with van der Waals surface area (Å²) in [6, 6.07) is 7.03. The lowest BCUT2D eigenvalue weighted by Gasteiger charge is -2.09. The molecule has 1 rings (SSSR count). The number of hydrogen-bond acceptors (Lipinski definition) is 5. The highest BCUT2D eigenvalue weighted by Gasteiger charge is 2.10. The van der Waals surface area contributed by atoms with Gasteiger partial charge in [0.05, 0.1) is 26.4 Å². The van der Waals surface area contributed by atoms with Gasteiger partial charge in [0.25, 0.3) is 0 Å². The number of esters is 1. The van der Waals surface area contributed by atoms with Crippen molar-refractivity contribution < 1.29 is 19.0 Å². The molecule has 0 saturated carbocycles. The molecule has 0 atom stereocenters. The second kappa shape index (κ2) is 8.73. The highest BCUT2D eigenvalue weighted by molar-refractivity contribution is 5.95. The van der Waals surface area contributed by atoms with Crippen molar-refractivity contribution in [1.82, 2.24) is 0 Å². The fourth-order valence-electron chi connectivity index (χ4n) is 1.74. The van der Waals surface area contributed by atoms with Crippen LogP contribution in [0.3, 0.4) is 0 Å². The van der Waals surface area contributed by atoms with Gasteiger partial charge >= 0.3 is 5.97 Å². The van der Waals surface area contributed by atoms with Gasteiger partial charge in [-0.1, -0.05) is 13.8 Å². The number of nitriles is 1. The van der Waals surface area contributed by atoms with Crippen molar-refractivity contribution >= 4 is 11.5 Å². The summed E-state index contributed by atoms with van der Waals surface area (Å²) in [6.07, 6.45) is 1.99. The molecule has 0 unspecified atom stereocenters. The smallest absolute Gasteiger partial charge is 0.332 e. The van der Waals surface area contributed by atoms with E-state index in [0.29, 0.717) is 29.6 Å². The van der Waals surface area contributed by atoms with E-state index in [1.165, 1.54) is 20.3 Å². The summed E-state index contributed by atoms with van der Waals surface area (Å²) in [5.74, 6) is 0.988. The average molecular weight is 303 g/mol. The summed E-state index contributed by atoms with van der Waals surface area (Å²) in [5.41, 5.74) is 0.788. The molecule has 5 heteroatoms. The van der Waals surface area contributed by atoms with Gasteiger partial charge in [-0.3, -0.25) is 0 Å². The summed E-state index contributed by atoms with van der Waals surface area (Å²) < 4.78 is 15.4. The molecule has 0 heterocycles. The average Bonchev–Trinajstić information content (AvgIpc) is 2.51. The van der Waals surface area contributed by atoms with Gasteiger partial charge in [0.1, 0.15) is 6.07 Å². The Labute approximate surface area is 131 Å². The third kappa shape index (κ3) is 5.13. The van der Waals surface area contributed by atoms with Crippen LogP contribution in [0.25, 0.3) is 5.57 Å². The third-order valence-electron chi connectivity index (χ3n) is 3.02. The monoisotopic (exact) mass is 303 g/mol. The number of rotatable bonds is 7. The molecule has 0 radical (unpaired) electrons. The third-order valence-corrected chi connectivity index (χ3v) is 3.02. The van der Waals surface area contributed by atoms with Crippen LogP contribution in [0, 0.1) is 17.2 Å². The Bertz CT molecular complexity index is 585. The maximum Gasteiger partial charge on any atom is 0.332 e. The zero-order valence-corrected chi connectivity index (χ0v) is 13.4. The molecular weight excluding hydrogens is 282 g/mol. The first-order valence-corrected chi connectivity index (χ1v) is 7.02. The molecule has 0 aromatic heterocycles. The molecule has 0 amide bonds. The highest BCUT2D eigenvalue weighted by Crippen LogP contribution is 2.30. The van der Waals surface area contributed by atoms with E-state index in [2.05, 4.69) is 0 Å². The van der Waals surface area contributed by atoms with E-state index in [1.54, 1.807) is 18.2 Å². The quantitative estimate of drug-likeness (QED) is 0.439. The van der Waals surface area contributed by atoms with Gasteiger partial charge in [-0.05, 0) is 36.1 Å². The van der Waals surface area contributed by atoms with E-state index in [1.807, 2.05) is 19.9 Å². The topological polar surface area (TPSA) is 68.5 Å². The Morgan fingerprint density at radius 3 is 2.50 bits per heavy atom. The second-order valence-electron chi connectivity index (χ2n) is 5.09. The Morgan fingerprint density at radius 1 is 1.27 bits per heavy atom. The van der Waals surface area contributed by atoms with Crippen LogP contribution in [0.15, 0.2) is 24.3 Å². The number of carbonyl (C=O) groups is 1. The number of nitrogens with zero attached hydrogens (tertiary/aromatic N) is 1. The van der Waals surface area contributed by atoms with Crippen LogP contribution in [-0.4, -0.2) is 26.8 Å². The molecule has 1 aromatic rings. The van der Waals surface area contributed by atoms with Crippen LogP contribution >= 0.6 is 0 Å². The summed E-state index contributed by atoms with van der Waals surface area (Å²) in [7, 11) is 3.04. The summed E-state index contributed by atoms with van der Waals surface area (Å²) in [6.45, 7) is 4.44. The fraction of sp³-hybridized carbons (Fsp3) is 0.412. The van der Waals surface area contributed by atoms with E-state index < -0.39 is 5.97 Å². The van der Waals surface area contributed by atoms with Crippen LogP contribution in [0.5, 0.6) is 11.5 Å². The first-order valence-electron chi connectivity index (χ1n) is 7.02. The van der Waals surface area contributed by atoms with Crippen LogP contribution in [0.2, 0.25) is 0 Å². The lowest BCUT2D eigenvalue weighted by Crippen LogP contribution is -2.05. The zero-order chi connectivity index (χ0) is 16.5. The Balaban J connectivity index is 2.89. The van der Waals surface area contributed by atoms with Gasteiger partial charge in [-0.25, -0.2) is 4.79 Å². The lowest BCUT2D eigenvalue weighted by molar-refractivity contribution is -0.137. The molecule has 0 aliphatic heterocycles. The standard InChI is InChI=1S/C17H21NO4/c1-12(2)7-8-22-17(19)10-14(11-18)13-5-6-15(20-3)16(9-13)21-4/h5-6,9-10,12H,7-8H2,1-4H3. The Morgan fingerprint density at radius 2 is 1.95 bits per heavy atom. The van der Waals surface area contributed by atoms with Crippen molar-refractivity contribution in [1.29, 1.82) is 5.26 Å². The SMILES string of the molecule is COc1ccc(C(C#N)=CC(=O)OCCC(C)C)cc1OC. The maximum atomic E-state index is 11.7. The van der Waals surface area contributed by atoms with E-state index in [9.17, 15) is 10.1 Å². The first kappa shape index (κ1) is 17.6. The van der Waals surface area contributed by atoms with Crippen LogP contribution in [-0.2, 0) is 9.53 Å². The minimum Gasteiger partial charge on any atom is -0.493 e. The van der Waals surface area contributed by atoms with E-state index >= 15 is 0 Å². The number of methoxy groups -OCH3 is 2. The minimum atomic E-state index is -0.521. The van der Waals surface area contributed by atoms with Crippen molar-refractivity contribution in [2.24, 2.45) is 5.92 Å². The normalized spacial score (nSPS) is 11.0. The van der Waals surface area contributed by atoms with Crippen molar-refractivity contribution in [3.63, 3.8) is 0 Å². The lowest BCUT2D eigenvalue weighted by atomic mass is 10.1. The molecule has 118 valence electrons. The predicted octanol–water partition coefficient (Wildman–Crippen LogP) is 3.20. The molecule has 0 aliphatic rings. The van der Waals surface area contributed by atoms with Crippen molar-refractivity contribution in [2.45, 2.75) is 20.3 Å². The number of hydrogen-bond donors (Lipinski definition) is 0. The molecule has 0 saturated heterocycles. The van der Waals surface area contributed by atoms with Crippen LogP contribution < -0.4 is 9.47 Å². The summed E-state index contributed by atoms with van der Waals surface area (Å²) in [5, 5.41) is 9.23. The largest absolute Gasteiger partial charge is 0.493 e. The van der Waals surface area contributed by atoms with E-state index in [-0.39, 0.29) is 5.57 Å². The summed E-state index contributed by atoms with van der Waals surface area (Å²) >= 11 is 0. The van der Waals surface area contributed by atoms with Crippen LogP contribution in [0.4, 0.5) is 0 Å². The van der Waals surface area contributed by atoms with Crippen molar-refractivity contribution in [3.8, 4) is 17.6 Å². The zero-order valence-electron chi connectivity index (χ0n) is 13.4. The number of allylic oxidation sites excluding steroid dienone is 1. The van der Waals surface area contributed by atoms with Gasteiger partial charge in [-0.15, -0.1) is 0 Å². The van der Waals surface area contributed by atoms with Gasteiger partial charge < -0.3 is 14.2 Å². The molecule has 1 aromatic carbocycles. The number of ether oxygens (including phenoxy) is 3. The predicted molar refractivity (Wildman–Crippen MR) is 83.6 cm³/mol. The number of benzene rings is 1. The number of carbonyl (C=O) groups excluding carboxylic acids is 1. The van der Waals surface area contributed by atoms with Crippen LogP contribution in [0.1, 0.15) is 25.8 Å². The van der Waals surface area contributed by atoms with Gasteiger partial charge in [0, 0.05) is 6.08 Å². The maximum absolute atomic E-state index is 11.7. The Kier molecular flexibility index (Phi) is 6.97. The Hall–Kier alpha value is -2.48. The fourth-order valence-corrected chi connectivity index (χ4v) is 1.74. The molecule has 0 bridgehead atoms. The van der Waals surface area contributed by atoms with Gasteiger partial charge in [0.15, 0.2) is 11.5 Å². The molecule has 0 N–H and O–H groups in total. The molecular formula is C17H21NO4. The molecule has 0 fully saturated rings. The second-order valence-corrected chi connectivity index (χ2v) is 5.09. The minimum absolute atomic E-state index is 0.218. The molecule has 0 aliphatic carbocycles. The molecule has 22 heavy (non-hydrogen) atoms. The van der Waals surface area contributed by atoms with Crippen molar-refractivity contribution in [2.75, 3.05) is 20.8 Å². The van der Waals surface area contributed by atoms with Gasteiger partial charge in [-0.2, -0.15) is 5.26 Å². The molecule has 5 nitrogen and oxygen atoms in total. The van der Waals surface area contributed by atoms with Gasteiger partial charge in [0.2, 0.25) is 0 Å². The first-order chi connectivity index (χ1) is 10.5. The highest BCUT2D eigenvalue weighted by atomic mass is 16.5. The van der Waals surface area contributed by atoms with E-state index in [4.69, 9.17) is 14.2 Å². The molecule has 0 spiro atoms. The van der Waals surface area contributed by atoms with E-state index in [0.717, 1.165) is 6.42 Å². The summed E-state index contributed by atoms with van der Waals surface area (Å²) in [4.78, 5) is 11.7. The van der Waals surface area contributed by atoms with Crippen molar-refractivity contribution in [3.05, 3.63) is 29.8 Å².